The van der Waals surface area contributed by atoms with Gasteiger partial charge >= 0.3 is 0 Å². The maximum Gasteiger partial charge on any atom is 0.260 e. The van der Waals surface area contributed by atoms with Crippen LogP contribution in [0.4, 0.5) is 15.8 Å². The minimum Gasteiger partial charge on any atom is -0.508 e. The molecule has 3 fully saturated rings. The number of hydrogen-bond donors (Lipinski definition) is 2. The van der Waals surface area contributed by atoms with Gasteiger partial charge in [-0.05, 0) is 97.1 Å². The number of carbonyl (C=O) groups excluding carboxylic acids is 4. The Morgan fingerprint density at radius 1 is 0.902 bits per heavy atom. The Kier molecular flexibility index (Phi) is 8.03. The van der Waals surface area contributed by atoms with E-state index in [1.807, 2.05) is 6.08 Å². The van der Waals surface area contributed by atoms with E-state index in [-0.39, 0.29) is 41.7 Å². The van der Waals surface area contributed by atoms with Gasteiger partial charge < -0.3 is 9.84 Å². The first-order valence-electron chi connectivity index (χ1n) is 16.4. The molecule has 4 aromatic rings. The number of anilines is 2. The van der Waals surface area contributed by atoms with Crippen LogP contribution >= 0.6 is 27.5 Å². The molecule has 2 saturated heterocycles. The first-order chi connectivity index (χ1) is 24.6. The van der Waals surface area contributed by atoms with Crippen molar-refractivity contribution in [2.75, 3.05) is 17.4 Å². The number of hydrogen-bond acceptors (Lipinski definition) is 7. The van der Waals surface area contributed by atoms with Gasteiger partial charge in [-0.2, -0.15) is 5.01 Å². The van der Waals surface area contributed by atoms with Crippen molar-refractivity contribution in [2.24, 2.45) is 23.7 Å². The maximum atomic E-state index is 15.3. The number of imide groups is 2. The summed E-state index contributed by atoms with van der Waals surface area (Å²) < 4.78 is 20.5. The van der Waals surface area contributed by atoms with Gasteiger partial charge in [-0.15, -0.1) is 0 Å². The quantitative estimate of drug-likeness (QED) is 0.158. The van der Waals surface area contributed by atoms with Gasteiger partial charge in [0.25, 0.3) is 11.8 Å². The van der Waals surface area contributed by atoms with Gasteiger partial charge in [0.15, 0.2) is 0 Å². The van der Waals surface area contributed by atoms with Crippen LogP contribution in [0.1, 0.15) is 29.9 Å². The lowest BCUT2D eigenvalue weighted by Crippen LogP contribution is -2.53. The van der Waals surface area contributed by atoms with E-state index in [1.54, 1.807) is 60.7 Å². The van der Waals surface area contributed by atoms with E-state index in [9.17, 15) is 23.9 Å². The molecule has 0 bridgehead atoms. The fourth-order valence-electron chi connectivity index (χ4n) is 8.81. The molecule has 6 unspecified atom stereocenters. The third-order valence-corrected chi connectivity index (χ3v) is 11.7. The van der Waals surface area contributed by atoms with Crippen LogP contribution in [0.25, 0.3) is 0 Å². The smallest absolute Gasteiger partial charge is 0.260 e. The second-order valence-corrected chi connectivity index (χ2v) is 14.6. The average Bonchev–Trinajstić information content (AvgIpc) is 3.50. The molecule has 1 saturated carbocycles. The number of carbonyl (C=O) groups is 4. The monoisotopic (exact) mass is 769 g/mol. The number of amides is 4. The molecule has 51 heavy (non-hydrogen) atoms. The van der Waals surface area contributed by atoms with Crippen molar-refractivity contribution in [1.29, 1.82) is 0 Å². The first-order valence-corrected chi connectivity index (χ1v) is 17.6. The van der Waals surface area contributed by atoms with E-state index < -0.39 is 52.6 Å². The molecule has 12 heteroatoms. The zero-order chi connectivity index (χ0) is 35.8. The van der Waals surface area contributed by atoms with Crippen molar-refractivity contribution in [3.63, 3.8) is 0 Å². The van der Waals surface area contributed by atoms with Crippen molar-refractivity contribution in [1.82, 2.24) is 5.01 Å². The number of allylic oxidation sites excluding steroid dienone is 2. The lowest BCUT2D eigenvalue weighted by Gasteiger charge is -2.50. The maximum absolute atomic E-state index is 15.3. The Morgan fingerprint density at radius 2 is 1.61 bits per heavy atom. The van der Waals surface area contributed by atoms with Crippen LogP contribution in [0.3, 0.4) is 0 Å². The van der Waals surface area contributed by atoms with E-state index >= 15 is 4.79 Å². The van der Waals surface area contributed by atoms with Crippen LogP contribution in [0.5, 0.6) is 11.5 Å². The number of phenolic OH excluding ortho intramolecular Hbond substituents is 1. The number of halogens is 3. The standard InChI is InChI=1S/C39H30BrClFN3O6/c1-51-31-4-2-3-30(46)33(31)34-26-17-18-27-32(37(49)44(35(27)47)25-15-7-21(40)8-16-25)28(26)19-29-36(48)45(43-24-13-11-23(42)12-14-24)38(50)39(29,34)20-5-9-22(41)10-6-20/h2-17,27-29,32,34,43,46H,18-19H2,1H3. The molecule has 4 aliphatic rings. The summed E-state index contributed by atoms with van der Waals surface area (Å²) in [6.07, 6.45) is 2.17. The summed E-state index contributed by atoms with van der Waals surface area (Å²) in [5.41, 5.74) is 3.41. The van der Waals surface area contributed by atoms with Crippen molar-refractivity contribution in [3.05, 3.63) is 129 Å². The minimum atomic E-state index is -1.66. The summed E-state index contributed by atoms with van der Waals surface area (Å²) in [4.78, 5) is 59.7. The Labute approximate surface area is 305 Å². The highest BCUT2D eigenvalue weighted by atomic mass is 79.9. The predicted octanol–water partition coefficient (Wildman–Crippen LogP) is 7.15. The summed E-state index contributed by atoms with van der Waals surface area (Å²) >= 11 is 9.76. The van der Waals surface area contributed by atoms with Gasteiger partial charge in [-0.3, -0.25) is 29.5 Å². The third-order valence-electron chi connectivity index (χ3n) is 10.9. The molecule has 258 valence electrons. The zero-order valence-corrected chi connectivity index (χ0v) is 29.4. The summed E-state index contributed by atoms with van der Waals surface area (Å²) in [5, 5.41) is 13.0. The van der Waals surface area contributed by atoms with Crippen molar-refractivity contribution in [3.8, 4) is 11.5 Å². The number of nitrogens with zero attached hydrogens (tertiary/aromatic N) is 2. The fraction of sp³-hybridized carbons (Fsp3) is 0.231. The minimum absolute atomic E-state index is 0.0570. The van der Waals surface area contributed by atoms with Crippen LogP contribution < -0.4 is 15.1 Å². The van der Waals surface area contributed by atoms with Crippen LogP contribution in [-0.4, -0.2) is 40.9 Å². The number of benzene rings is 4. The summed E-state index contributed by atoms with van der Waals surface area (Å²) in [6, 6.07) is 23.7. The van der Waals surface area contributed by atoms with Crippen LogP contribution in [-0.2, 0) is 24.6 Å². The molecule has 6 atom stereocenters. The third kappa shape index (κ3) is 4.92. The number of phenols is 1. The Morgan fingerprint density at radius 3 is 2.29 bits per heavy atom. The van der Waals surface area contributed by atoms with Crippen molar-refractivity contribution in [2.45, 2.75) is 24.2 Å². The van der Waals surface area contributed by atoms with E-state index in [0.29, 0.717) is 27.5 Å². The van der Waals surface area contributed by atoms with Gasteiger partial charge in [-0.1, -0.05) is 57.4 Å². The van der Waals surface area contributed by atoms with Gasteiger partial charge in [0.2, 0.25) is 11.8 Å². The largest absolute Gasteiger partial charge is 0.508 e. The lowest BCUT2D eigenvalue weighted by atomic mass is 9.49. The van der Waals surface area contributed by atoms with E-state index in [0.717, 1.165) is 9.48 Å². The van der Waals surface area contributed by atoms with Crippen molar-refractivity contribution >= 4 is 62.5 Å². The Bertz CT molecular complexity index is 2140. The lowest BCUT2D eigenvalue weighted by molar-refractivity contribution is -0.138. The molecule has 2 heterocycles. The van der Waals surface area contributed by atoms with E-state index in [1.165, 1.54) is 42.3 Å². The van der Waals surface area contributed by atoms with Gasteiger partial charge in [0.1, 0.15) is 17.3 Å². The highest BCUT2D eigenvalue weighted by Crippen LogP contribution is 2.66. The van der Waals surface area contributed by atoms with Crippen LogP contribution in [0.2, 0.25) is 5.02 Å². The van der Waals surface area contributed by atoms with Gasteiger partial charge in [0, 0.05) is 21.0 Å². The normalized spacial score (nSPS) is 26.8. The molecule has 2 aliphatic heterocycles. The number of methoxy groups -OCH3 is 1. The van der Waals surface area contributed by atoms with Crippen molar-refractivity contribution < 1.29 is 33.4 Å². The van der Waals surface area contributed by atoms with Crippen LogP contribution in [0, 0.1) is 29.5 Å². The van der Waals surface area contributed by atoms with Gasteiger partial charge in [0.05, 0.1) is 41.7 Å². The molecule has 2 N–H and O–H groups in total. The summed E-state index contributed by atoms with van der Waals surface area (Å²) in [7, 11) is 1.45. The first kappa shape index (κ1) is 33.2. The van der Waals surface area contributed by atoms with Gasteiger partial charge in [-0.25, -0.2) is 4.39 Å². The number of rotatable bonds is 6. The Balaban J connectivity index is 1.35. The summed E-state index contributed by atoms with van der Waals surface area (Å²) in [5.74, 6) is -6.51. The number of hydrazine groups is 1. The van der Waals surface area contributed by atoms with Crippen LogP contribution in [0.15, 0.2) is 107 Å². The number of ether oxygens (including phenoxy) is 1. The molecule has 0 spiro atoms. The molecular formula is C39H30BrClFN3O6. The predicted molar refractivity (Wildman–Crippen MR) is 190 cm³/mol. The highest BCUT2D eigenvalue weighted by molar-refractivity contribution is 9.10. The summed E-state index contributed by atoms with van der Waals surface area (Å²) in [6.45, 7) is 0. The fourth-order valence-corrected chi connectivity index (χ4v) is 9.20. The molecule has 4 aromatic carbocycles. The number of nitrogens with one attached hydrogen (secondary N) is 1. The molecule has 8 rings (SSSR count). The molecule has 0 radical (unpaired) electrons. The van der Waals surface area contributed by atoms with E-state index in [4.69, 9.17) is 16.3 Å². The average molecular weight is 771 g/mol. The molecule has 4 amide bonds. The topological polar surface area (TPSA) is 116 Å². The molecule has 0 aromatic heterocycles. The number of fused-ring (bicyclic) bond motifs is 4. The zero-order valence-electron chi connectivity index (χ0n) is 27.1. The number of aromatic hydroxyl groups is 1. The molecule has 9 nitrogen and oxygen atoms in total. The highest BCUT2D eigenvalue weighted by Gasteiger charge is 2.71. The van der Waals surface area contributed by atoms with E-state index in [2.05, 4.69) is 21.4 Å². The second-order valence-electron chi connectivity index (χ2n) is 13.3. The molecular weight excluding hydrogens is 741 g/mol. The molecule has 2 aliphatic carbocycles. The SMILES string of the molecule is COc1cccc(O)c1C1C2=CCC3C(=O)N(c4ccc(Br)cc4)C(=O)C3C2CC2C(=O)N(Nc3ccc(F)cc3)C(=O)C21c1ccc(Cl)cc1. The second kappa shape index (κ2) is 12.3. The Hall–Kier alpha value is -5.00.